The first-order chi connectivity index (χ1) is 14.5. The van der Waals surface area contributed by atoms with Gasteiger partial charge in [-0.3, -0.25) is 0 Å². The molecule has 5 nitrogen and oxygen atoms in total. The van der Waals surface area contributed by atoms with Gasteiger partial charge in [-0.25, -0.2) is 4.79 Å². The minimum atomic E-state index is -0.0761. The predicted molar refractivity (Wildman–Crippen MR) is 124 cm³/mol. The molecule has 30 heavy (non-hydrogen) atoms. The summed E-state index contributed by atoms with van der Waals surface area (Å²) in [4.78, 5) is 16.3. The Kier molecular flexibility index (Phi) is 7.53. The number of hydrogen-bond donors (Lipinski definition) is 1. The van der Waals surface area contributed by atoms with Gasteiger partial charge in [0, 0.05) is 27.9 Å². The van der Waals surface area contributed by atoms with Gasteiger partial charge in [0.2, 0.25) is 0 Å². The third-order valence-corrected chi connectivity index (χ3v) is 6.92. The van der Waals surface area contributed by atoms with Gasteiger partial charge in [-0.2, -0.15) is 0 Å². The Balaban J connectivity index is 1.77. The molecule has 2 unspecified atom stereocenters. The minimum absolute atomic E-state index is 0.0319. The normalized spacial score (nSPS) is 17.0. The van der Waals surface area contributed by atoms with Crippen molar-refractivity contribution in [1.82, 2.24) is 4.90 Å². The van der Waals surface area contributed by atoms with Crippen molar-refractivity contribution in [1.29, 1.82) is 0 Å². The molecular weight excluding hydrogens is 396 g/mol. The number of benzene rings is 2. The Morgan fingerprint density at radius 2 is 2.03 bits per heavy atom. The zero-order valence-electron chi connectivity index (χ0n) is 18.5. The molecule has 0 saturated carbocycles. The molecule has 0 radical (unpaired) electrons. The molecule has 1 aliphatic rings. The highest BCUT2D eigenvalue weighted by Crippen LogP contribution is 2.39. The first kappa shape index (κ1) is 22.3. The Hall–Kier alpha value is -2.34. The maximum Gasteiger partial charge on any atom is 0.322 e. The van der Waals surface area contributed by atoms with Gasteiger partial charge in [-0.1, -0.05) is 13.8 Å². The number of anilines is 1. The van der Waals surface area contributed by atoms with Crippen LogP contribution in [-0.2, 0) is 0 Å². The molecule has 3 rings (SSSR count). The molecule has 2 atom stereocenters. The molecular formula is C24H32N2O3S. The highest BCUT2D eigenvalue weighted by Gasteiger charge is 2.32. The number of carbonyl (C=O) groups is 1. The van der Waals surface area contributed by atoms with Crippen molar-refractivity contribution >= 4 is 23.5 Å². The Labute approximate surface area is 184 Å². The summed E-state index contributed by atoms with van der Waals surface area (Å²) in [6.07, 6.45) is 2.99. The molecule has 2 amide bonds. The molecule has 1 fully saturated rings. The number of hydrogen-bond acceptors (Lipinski definition) is 4. The highest BCUT2D eigenvalue weighted by atomic mass is 32.2. The summed E-state index contributed by atoms with van der Waals surface area (Å²) in [5.41, 5.74) is 2.92. The Morgan fingerprint density at radius 1 is 1.23 bits per heavy atom. The van der Waals surface area contributed by atoms with E-state index in [1.54, 1.807) is 14.2 Å². The van der Waals surface area contributed by atoms with Crippen molar-refractivity contribution in [2.45, 2.75) is 56.2 Å². The van der Waals surface area contributed by atoms with Crippen LogP contribution in [0.1, 0.15) is 50.3 Å². The number of likely N-dealkylation sites (tertiary alicyclic amines) is 1. The summed E-state index contributed by atoms with van der Waals surface area (Å²) < 4.78 is 11.0. The number of methoxy groups -OCH3 is 2. The second-order valence-electron chi connectivity index (χ2n) is 7.70. The first-order valence-electron chi connectivity index (χ1n) is 10.5. The van der Waals surface area contributed by atoms with Gasteiger partial charge < -0.3 is 19.7 Å². The molecule has 2 aromatic carbocycles. The summed E-state index contributed by atoms with van der Waals surface area (Å²) >= 11 is 1.87. The van der Waals surface area contributed by atoms with Crippen LogP contribution in [0.15, 0.2) is 41.3 Å². The van der Waals surface area contributed by atoms with Gasteiger partial charge in [0.25, 0.3) is 0 Å². The van der Waals surface area contributed by atoms with E-state index in [1.807, 2.05) is 47.9 Å². The van der Waals surface area contributed by atoms with Crippen LogP contribution >= 0.6 is 11.8 Å². The highest BCUT2D eigenvalue weighted by molar-refractivity contribution is 7.99. The van der Waals surface area contributed by atoms with Crippen LogP contribution in [0.4, 0.5) is 10.5 Å². The number of rotatable bonds is 7. The lowest BCUT2D eigenvalue weighted by Gasteiger charge is -2.27. The van der Waals surface area contributed by atoms with Gasteiger partial charge in [0.05, 0.1) is 20.3 Å². The van der Waals surface area contributed by atoms with E-state index in [2.05, 4.69) is 31.3 Å². The van der Waals surface area contributed by atoms with Crippen LogP contribution in [0.5, 0.6) is 11.5 Å². The minimum Gasteiger partial charge on any atom is -0.497 e. The molecule has 6 heteroatoms. The lowest BCUT2D eigenvalue weighted by molar-refractivity contribution is 0.206. The largest absolute Gasteiger partial charge is 0.497 e. The van der Waals surface area contributed by atoms with Crippen molar-refractivity contribution in [3.63, 3.8) is 0 Å². The lowest BCUT2D eigenvalue weighted by atomic mass is 10.0. The summed E-state index contributed by atoms with van der Waals surface area (Å²) in [5.74, 6) is 1.55. The number of nitrogens with zero attached hydrogens (tertiary/aromatic N) is 1. The van der Waals surface area contributed by atoms with Crippen molar-refractivity contribution in [3.05, 3.63) is 47.5 Å². The molecule has 0 spiro atoms. The number of thioether (sulfide) groups is 1. The molecule has 1 N–H and O–H groups in total. The van der Waals surface area contributed by atoms with Crippen LogP contribution in [0.25, 0.3) is 0 Å². The number of urea groups is 1. The smallest absolute Gasteiger partial charge is 0.322 e. The monoisotopic (exact) mass is 428 g/mol. The summed E-state index contributed by atoms with van der Waals surface area (Å²) in [6.45, 7) is 7.19. The van der Waals surface area contributed by atoms with E-state index in [0.717, 1.165) is 54.1 Å². The fourth-order valence-electron chi connectivity index (χ4n) is 3.79. The van der Waals surface area contributed by atoms with E-state index < -0.39 is 0 Å². The summed E-state index contributed by atoms with van der Waals surface area (Å²) in [5, 5.41) is 3.70. The maximum atomic E-state index is 13.2. The molecule has 162 valence electrons. The second kappa shape index (κ2) is 10.1. The Bertz CT molecular complexity index is 887. The molecule has 0 aromatic heterocycles. The van der Waals surface area contributed by atoms with Crippen LogP contribution < -0.4 is 14.8 Å². The number of carbonyl (C=O) groups excluding carboxylic acids is 1. The standard InChI is InChI=1S/C24H32N2O3S/c1-6-17(3)30-19-10-11-21(16(2)14-19)25-24(27)26-13-7-8-22(26)20-15-18(28-4)9-12-23(20)29-5/h9-12,14-15,17,22H,6-8,13H2,1-5H3,(H,25,27). The summed E-state index contributed by atoms with van der Waals surface area (Å²) in [6, 6.07) is 11.9. The molecule has 1 heterocycles. The topological polar surface area (TPSA) is 50.8 Å². The summed E-state index contributed by atoms with van der Waals surface area (Å²) in [7, 11) is 3.31. The number of amides is 2. The van der Waals surface area contributed by atoms with Gasteiger partial charge in [-0.05, 0) is 68.1 Å². The average molecular weight is 429 g/mol. The van der Waals surface area contributed by atoms with Crippen molar-refractivity contribution < 1.29 is 14.3 Å². The third kappa shape index (κ3) is 5.04. The van der Waals surface area contributed by atoms with Crippen molar-refractivity contribution in [3.8, 4) is 11.5 Å². The zero-order chi connectivity index (χ0) is 21.7. The van der Waals surface area contributed by atoms with E-state index in [4.69, 9.17) is 9.47 Å². The van der Waals surface area contributed by atoms with E-state index in [0.29, 0.717) is 5.25 Å². The van der Waals surface area contributed by atoms with E-state index in [-0.39, 0.29) is 12.1 Å². The second-order valence-corrected chi connectivity index (χ2v) is 9.21. The third-order valence-electron chi connectivity index (χ3n) is 5.66. The molecule has 2 aromatic rings. The van der Waals surface area contributed by atoms with Gasteiger partial charge in [0.1, 0.15) is 11.5 Å². The van der Waals surface area contributed by atoms with Crippen LogP contribution in [-0.4, -0.2) is 36.9 Å². The fourth-order valence-corrected chi connectivity index (χ4v) is 4.81. The average Bonchev–Trinajstić information content (AvgIpc) is 3.25. The lowest BCUT2D eigenvalue weighted by Crippen LogP contribution is -2.34. The molecule has 1 saturated heterocycles. The van der Waals surface area contributed by atoms with Crippen LogP contribution in [0.3, 0.4) is 0 Å². The van der Waals surface area contributed by atoms with Gasteiger partial charge in [0.15, 0.2) is 0 Å². The van der Waals surface area contributed by atoms with Gasteiger partial charge in [-0.15, -0.1) is 11.8 Å². The van der Waals surface area contributed by atoms with E-state index in [1.165, 1.54) is 4.90 Å². The number of nitrogens with one attached hydrogen (secondary N) is 1. The maximum absolute atomic E-state index is 13.2. The first-order valence-corrected chi connectivity index (χ1v) is 11.4. The molecule has 0 bridgehead atoms. The number of aryl methyl sites for hydroxylation is 1. The molecule has 0 aliphatic carbocycles. The fraction of sp³-hybridized carbons (Fsp3) is 0.458. The SMILES string of the molecule is CCC(C)Sc1ccc(NC(=O)N2CCCC2c2cc(OC)ccc2OC)c(C)c1. The van der Waals surface area contributed by atoms with E-state index in [9.17, 15) is 4.79 Å². The van der Waals surface area contributed by atoms with E-state index >= 15 is 0 Å². The van der Waals surface area contributed by atoms with Crippen molar-refractivity contribution in [2.75, 3.05) is 26.1 Å². The molecule has 1 aliphatic heterocycles. The van der Waals surface area contributed by atoms with Crippen molar-refractivity contribution in [2.24, 2.45) is 0 Å². The number of ether oxygens (including phenoxy) is 2. The quantitative estimate of drug-likeness (QED) is 0.528. The van der Waals surface area contributed by atoms with Crippen LogP contribution in [0, 0.1) is 6.92 Å². The van der Waals surface area contributed by atoms with Crippen LogP contribution in [0.2, 0.25) is 0 Å². The predicted octanol–water partition coefficient (Wildman–Crippen LogP) is 6.27. The van der Waals surface area contributed by atoms with Gasteiger partial charge >= 0.3 is 6.03 Å². The zero-order valence-corrected chi connectivity index (χ0v) is 19.3. The Morgan fingerprint density at radius 3 is 2.70 bits per heavy atom.